The predicted octanol–water partition coefficient (Wildman–Crippen LogP) is 3.09. The number of anilines is 1. The van der Waals surface area contributed by atoms with E-state index >= 15 is 0 Å². The Balaban J connectivity index is 1.49. The monoisotopic (exact) mass is 395 g/mol. The van der Waals surface area contributed by atoms with Crippen LogP contribution in [0.15, 0.2) is 40.3 Å². The van der Waals surface area contributed by atoms with E-state index in [-0.39, 0.29) is 11.9 Å². The van der Waals surface area contributed by atoms with Crippen LogP contribution >= 0.6 is 11.3 Å². The van der Waals surface area contributed by atoms with Gasteiger partial charge in [-0.25, -0.2) is 4.98 Å². The first-order valence-electron chi connectivity index (χ1n) is 9.43. The van der Waals surface area contributed by atoms with E-state index in [1.165, 1.54) is 0 Å². The smallest absolute Gasteiger partial charge is 0.292 e. The molecule has 0 spiro atoms. The first-order valence-corrected chi connectivity index (χ1v) is 10.3. The van der Waals surface area contributed by atoms with Gasteiger partial charge in [0.05, 0.1) is 11.7 Å². The summed E-state index contributed by atoms with van der Waals surface area (Å²) in [7, 11) is 0. The molecule has 0 unspecified atom stereocenters. The maximum atomic E-state index is 13.4. The Morgan fingerprint density at radius 3 is 2.68 bits per heavy atom. The third kappa shape index (κ3) is 2.79. The molecular weight excluding hydrogens is 374 g/mol. The molecule has 5 rings (SSSR count). The summed E-state index contributed by atoms with van der Waals surface area (Å²) in [5.74, 6) is 1.56. The highest BCUT2D eigenvalue weighted by Crippen LogP contribution is 2.46. The molecule has 2 saturated heterocycles. The van der Waals surface area contributed by atoms with Gasteiger partial charge >= 0.3 is 0 Å². The van der Waals surface area contributed by atoms with Crippen LogP contribution in [-0.2, 0) is 0 Å². The number of carbonyl (C=O) groups excluding carboxylic acids is 1. The second kappa shape index (κ2) is 6.70. The molecule has 3 aromatic rings. The normalized spacial score (nSPS) is 24.0. The van der Waals surface area contributed by atoms with E-state index in [1.54, 1.807) is 23.8 Å². The number of rotatable bonds is 3. The van der Waals surface area contributed by atoms with Crippen molar-refractivity contribution in [3.8, 4) is 0 Å². The van der Waals surface area contributed by atoms with Crippen molar-refractivity contribution in [1.29, 1.82) is 0 Å². The zero-order chi connectivity index (χ0) is 19.3. The van der Waals surface area contributed by atoms with Gasteiger partial charge in [-0.2, -0.15) is 0 Å². The van der Waals surface area contributed by atoms with Crippen molar-refractivity contribution in [3.63, 3.8) is 0 Å². The molecule has 0 radical (unpaired) electrons. The van der Waals surface area contributed by atoms with E-state index in [4.69, 9.17) is 4.42 Å². The van der Waals surface area contributed by atoms with Crippen LogP contribution in [0.25, 0.3) is 0 Å². The lowest BCUT2D eigenvalue weighted by atomic mass is 9.89. The van der Waals surface area contributed by atoms with Crippen LogP contribution in [0.1, 0.15) is 33.7 Å². The molecule has 4 heterocycles. The minimum Gasteiger partial charge on any atom is -0.436 e. The van der Waals surface area contributed by atoms with E-state index < -0.39 is 0 Å². The topological polar surface area (TPSA) is 75.4 Å². The van der Waals surface area contributed by atoms with E-state index in [9.17, 15) is 4.79 Å². The lowest BCUT2D eigenvalue weighted by molar-refractivity contribution is 0.0680. The Morgan fingerprint density at radius 2 is 2.00 bits per heavy atom. The highest BCUT2D eigenvalue weighted by Gasteiger charge is 2.50. The molecule has 3 atom stereocenters. The third-order valence-corrected chi connectivity index (χ3v) is 6.53. The number of amides is 1. The fraction of sp³-hybridized carbons (Fsp3) is 0.400. The minimum atomic E-state index is -0.0659. The van der Waals surface area contributed by atoms with Crippen molar-refractivity contribution in [2.45, 2.75) is 19.9 Å². The predicted molar refractivity (Wildman–Crippen MR) is 105 cm³/mol. The zero-order valence-electron chi connectivity index (χ0n) is 15.8. The molecule has 8 heteroatoms. The van der Waals surface area contributed by atoms with Gasteiger partial charge in [0.15, 0.2) is 5.89 Å². The van der Waals surface area contributed by atoms with Crippen molar-refractivity contribution in [2.24, 2.45) is 11.8 Å². The number of oxazole rings is 1. The van der Waals surface area contributed by atoms with Crippen LogP contribution in [0.4, 0.5) is 5.13 Å². The Kier molecular flexibility index (Phi) is 4.16. The van der Waals surface area contributed by atoms with Gasteiger partial charge in [-0.3, -0.25) is 4.79 Å². The maximum Gasteiger partial charge on any atom is 0.292 e. The van der Waals surface area contributed by atoms with Crippen LogP contribution in [-0.4, -0.2) is 45.6 Å². The molecule has 2 aromatic heterocycles. The zero-order valence-corrected chi connectivity index (χ0v) is 16.6. The van der Waals surface area contributed by atoms with E-state index in [1.807, 2.05) is 30.0 Å². The highest BCUT2D eigenvalue weighted by molar-refractivity contribution is 7.13. The number of carbonyl (C=O) groups is 1. The van der Waals surface area contributed by atoms with Gasteiger partial charge in [0.25, 0.3) is 5.91 Å². The average molecular weight is 395 g/mol. The Morgan fingerprint density at radius 1 is 1.18 bits per heavy atom. The van der Waals surface area contributed by atoms with Gasteiger partial charge < -0.3 is 14.2 Å². The second-order valence-electron chi connectivity index (χ2n) is 7.51. The van der Waals surface area contributed by atoms with E-state index in [2.05, 4.69) is 32.2 Å². The van der Waals surface area contributed by atoms with Crippen LogP contribution in [0, 0.1) is 25.7 Å². The van der Waals surface area contributed by atoms with Crippen molar-refractivity contribution in [1.82, 2.24) is 20.1 Å². The molecular formula is C20H21N5O2S. The first kappa shape index (κ1) is 17.4. The second-order valence-corrected chi connectivity index (χ2v) is 8.32. The Bertz CT molecular complexity index is 987. The fourth-order valence-electron chi connectivity index (χ4n) is 4.65. The number of aryl methyl sites for hydroxylation is 2. The SMILES string of the molecule is Cc1nc(C)c(C(=O)N2C[C@@H]3CN(c4nncs4)C[C@@H]3[C@H]2c2ccccc2)o1. The molecule has 28 heavy (non-hydrogen) atoms. The first-order chi connectivity index (χ1) is 13.6. The fourth-order valence-corrected chi connectivity index (χ4v) is 5.23. The standard InChI is InChI=1S/C20H21N5O2S/c1-12-18(27-13(2)22-12)19(26)25-9-15-8-24(20-23-21-11-28-20)10-16(15)17(25)14-6-4-3-5-7-14/h3-7,11,15-17H,8-10H2,1-2H3/t15-,16-,17+/m0/s1. The molecule has 0 saturated carbocycles. The van der Waals surface area contributed by atoms with Crippen LogP contribution < -0.4 is 4.90 Å². The molecule has 2 fully saturated rings. The minimum absolute atomic E-state index is 0.0152. The molecule has 1 aromatic carbocycles. The maximum absolute atomic E-state index is 13.4. The number of nitrogens with zero attached hydrogens (tertiary/aromatic N) is 5. The summed E-state index contributed by atoms with van der Waals surface area (Å²) < 4.78 is 5.65. The van der Waals surface area contributed by atoms with Gasteiger partial charge in [0, 0.05) is 38.4 Å². The summed E-state index contributed by atoms with van der Waals surface area (Å²) in [5, 5.41) is 9.16. The van der Waals surface area contributed by atoms with Crippen LogP contribution in [0.2, 0.25) is 0 Å². The summed E-state index contributed by atoms with van der Waals surface area (Å²) in [6, 6.07) is 10.3. The molecule has 0 bridgehead atoms. The Labute approximate surface area is 167 Å². The molecule has 2 aliphatic rings. The van der Waals surface area contributed by atoms with E-state index in [0.29, 0.717) is 35.7 Å². The van der Waals surface area contributed by atoms with Gasteiger partial charge in [0.2, 0.25) is 10.9 Å². The van der Waals surface area contributed by atoms with Gasteiger partial charge in [-0.05, 0) is 12.5 Å². The molecule has 0 aliphatic carbocycles. The summed E-state index contributed by atoms with van der Waals surface area (Å²) in [4.78, 5) is 21.9. The van der Waals surface area contributed by atoms with Gasteiger partial charge in [-0.15, -0.1) is 10.2 Å². The van der Waals surface area contributed by atoms with E-state index in [0.717, 1.165) is 23.8 Å². The number of aromatic nitrogens is 3. The van der Waals surface area contributed by atoms with Crippen LogP contribution in [0.5, 0.6) is 0 Å². The lowest BCUT2D eigenvalue weighted by Gasteiger charge is -2.29. The number of likely N-dealkylation sites (tertiary alicyclic amines) is 1. The van der Waals surface area contributed by atoms with Crippen molar-refractivity contribution >= 4 is 22.4 Å². The molecule has 7 nitrogen and oxygen atoms in total. The summed E-state index contributed by atoms with van der Waals surface area (Å²) in [6.07, 6.45) is 0. The quantitative estimate of drug-likeness (QED) is 0.678. The molecule has 0 N–H and O–H groups in total. The molecule has 144 valence electrons. The third-order valence-electron chi connectivity index (χ3n) is 5.78. The largest absolute Gasteiger partial charge is 0.436 e. The number of benzene rings is 1. The number of hydrogen-bond acceptors (Lipinski definition) is 7. The van der Waals surface area contributed by atoms with Crippen molar-refractivity contribution in [2.75, 3.05) is 24.5 Å². The summed E-state index contributed by atoms with van der Waals surface area (Å²) in [6.45, 7) is 6.07. The van der Waals surface area contributed by atoms with Crippen LogP contribution in [0.3, 0.4) is 0 Å². The van der Waals surface area contributed by atoms with Gasteiger partial charge in [0.1, 0.15) is 5.51 Å². The number of fused-ring (bicyclic) bond motifs is 1. The molecule has 1 amide bonds. The lowest BCUT2D eigenvalue weighted by Crippen LogP contribution is -2.36. The summed E-state index contributed by atoms with van der Waals surface area (Å²) >= 11 is 1.56. The number of hydrogen-bond donors (Lipinski definition) is 0. The summed E-state index contributed by atoms with van der Waals surface area (Å²) in [5.41, 5.74) is 3.58. The van der Waals surface area contributed by atoms with Crippen molar-refractivity contribution in [3.05, 3.63) is 58.8 Å². The highest BCUT2D eigenvalue weighted by atomic mass is 32.1. The Hall–Kier alpha value is -2.74. The average Bonchev–Trinajstić information content (AvgIpc) is 3.44. The molecule has 2 aliphatic heterocycles. The van der Waals surface area contributed by atoms with Gasteiger partial charge in [-0.1, -0.05) is 41.7 Å². The van der Waals surface area contributed by atoms with Crippen molar-refractivity contribution < 1.29 is 9.21 Å².